The first-order valence-electron chi connectivity index (χ1n) is 12.7. The van der Waals surface area contributed by atoms with Crippen LogP contribution in [0.1, 0.15) is 70.7 Å². The van der Waals surface area contributed by atoms with E-state index in [0.717, 1.165) is 32.3 Å². The van der Waals surface area contributed by atoms with Gasteiger partial charge >= 0.3 is 0 Å². The summed E-state index contributed by atoms with van der Waals surface area (Å²) >= 11 is 0. The Bertz CT molecular complexity index is 1130. The zero-order chi connectivity index (χ0) is 26.3. The van der Waals surface area contributed by atoms with Crippen LogP contribution in [0, 0.1) is 5.92 Å². The van der Waals surface area contributed by atoms with Gasteiger partial charge in [-0.3, -0.25) is 4.79 Å². The Hall–Kier alpha value is -2.97. The first-order chi connectivity index (χ1) is 16.9. The molecule has 3 atom stereocenters. The highest BCUT2D eigenvalue weighted by Gasteiger charge is 2.53. The maximum atomic E-state index is 13.6. The topological polar surface area (TPSA) is 115 Å². The van der Waals surface area contributed by atoms with Crippen LogP contribution < -0.4 is 10.2 Å². The normalized spacial score (nSPS) is 21.9. The van der Waals surface area contributed by atoms with Crippen molar-refractivity contribution in [1.82, 2.24) is 0 Å². The molecule has 4 N–H and O–H groups in total. The fourth-order valence-corrected chi connectivity index (χ4v) is 4.77. The molecule has 0 saturated carbocycles. The van der Waals surface area contributed by atoms with E-state index in [0.29, 0.717) is 11.6 Å². The summed E-state index contributed by atoms with van der Waals surface area (Å²) in [5.41, 5.74) is 0.611. The molecule has 2 aromatic rings. The van der Waals surface area contributed by atoms with Crippen molar-refractivity contribution in [2.45, 2.75) is 77.6 Å². The smallest absolute Gasteiger partial charge is 0.260 e. The van der Waals surface area contributed by atoms with Gasteiger partial charge in [-0.15, -0.1) is 0 Å². The van der Waals surface area contributed by atoms with Crippen LogP contribution in [0.25, 0.3) is 0 Å². The van der Waals surface area contributed by atoms with Crippen LogP contribution in [0.2, 0.25) is 0 Å². The van der Waals surface area contributed by atoms with Crippen LogP contribution in [0.15, 0.2) is 30.3 Å². The van der Waals surface area contributed by atoms with Gasteiger partial charge in [0.25, 0.3) is 5.91 Å². The van der Waals surface area contributed by atoms with Crippen LogP contribution >= 0.6 is 0 Å². The Morgan fingerprint density at radius 1 is 1.14 bits per heavy atom. The van der Waals surface area contributed by atoms with Crippen LogP contribution in [-0.4, -0.2) is 51.7 Å². The summed E-state index contributed by atoms with van der Waals surface area (Å²) in [6, 6.07) is 7.33. The fourth-order valence-electron chi connectivity index (χ4n) is 4.77. The summed E-state index contributed by atoms with van der Waals surface area (Å²) in [5, 5.41) is 34.0. The van der Waals surface area contributed by atoms with Crippen molar-refractivity contribution in [2.75, 3.05) is 23.4 Å². The molecule has 2 aliphatic heterocycles. The Labute approximate surface area is 212 Å². The zero-order valence-electron chi connectivity index (χ0n) is 21.8. The summed E-state index contributed by atoms with van der Waals surface area (Å²) in [6.07, 6.45) is 3.79. The third kappa shape index (κ3) is 5.71. The van der Waals surface area contributed by atoms with Crippen LogP contribution in [0.3, 0.4) is 0 Å². The number of rotatable bonds is 9. The van der Waals surface area contributed by atoms with E-state index in [-0.39, 0.29) is 63.9 Å². The van der Waals surface area contributed by atoms with Crippen molar-refractivity contribution in [2.24, 2.45) is 5.92 Å². The van der Waals surface area contributed by atoms with Gasteiger partial charge in [-0.05, 0) is 58.6 Å². The number of benzene rings is 2. The molecular weight excluding hydrogens is 460 g/mol. The van der Waals surface area contributed by atoms with Crippen molar-refractivity contribution >= 4 is 23.0 Å². The molecule has 1 amide bonds. The molecule has 2 heterocycles. The number of hydrogen-bond acceptors (Lipinski definition) is 7. The third-order valence-corrected chi connectivity index (χ3v) is 7.04. The lowest BCUT2D eigenvalue weighted by atomic mass is 9.94. The average Bonchev–Trinajstić information content (AvgIpc) is 3.44. The predicted molar refractivity (Wildman–Crippen MR) is 139 cm³/mol. The van der Waals surface area contributed by atoms with Gasteiger partial charge in [-0.1, -0.05) is 25.8 Å². The predicted octanol–water partition coefficient (Wildman–Crippen LogP) is 5.68. The van der Waals surface area contributed by atoms with Crippen LogP contribution in [0.4, 0.5) is 17.1 Å². The molecule has 36 heavy (non-hydrogen) atoms. The van der Waals surface area contributed by atoms with Gasteiger partial charge in [-0.2, -0.15) is 0 Å². The quantitative estimate of drug-likeness (QED) is 0.200. The fraction of sp³-hybridized carbons (Fsp3) is 0.536. The van der Waals surface area contributed by atoms with Gasteiger partial charge in [0, 0.05) is 18.7 Å². The molecule has 0 spiro atoms. The number of phenolic OH excluding ortho intramolecular Hbond substituents is 3. The number of nitrogens with zero attached hydrogens (tertiary/aromatic N) is 1. The maximum absolute atomic E-state index is 13.6. The standard InChI is InChI=1S/C28H38N2O6/c1-17(11-13-35-27(2,3)4)8-7-12-28(5)23(36-28)16-30-20-14-18(31)15-22(33)25(20)29-24-19(26(30)34)9-6-10-21(24)32/h6,9-10,14-15,17,23,29,31-33H,7-8,11-13,16H2,1-5H3. The zero-order valence-corrected chi connectivity index (χ0v) is 21.8. The van der Waals surface area contributed by atoms with Crippen molar-refractivity contribution in [3.05, 3.63) is 35.9 Å². The minimum absolute atomic E-state index is 0.101. The van der Waals surface area contributed by atoms with Crippen LogP contribution in [-0.2, 0) is 9.47 Å². The van der Waals surface area contributed by atoms with Gasteiger partial charge in [0.05, 0.1) is 34.7 Å². The molecule has 3 unspecified atom stereocenters. The Morgan fingerprint density at radius 2 is 1.89 bits per heavy atom. The molecule has 1 saturated heterocycles. The van der Waals surface area contributed by atoms with E-state index in [1.54, 1.807) is 12.1 Å². The number of anilines is 3. The van der Waals surface area contributed by atoms with Gasteiger partial charge in [-0.25, -0.2) is 0 Å². The molecule has 8 heteroatoms. The first-order valence-corrected chi connectivity index (χ1v) is 12.7. The number of epoxide rings is 1. The molecule has 8 nitrogen and oxygen atoms in total. The van der Waals surface area contributed by atoms with E-state index in [4.69, 9.17) is 9.47 Å². The van der Waals surface area contributed by atoms with E-state index in [9.17, 15) is 20.1 Å². The molecule has 0 aliphatic carbocycles. The molecule has 2 aromatic carbocycles. The number of ether oxygens (including phenoxy) is 2. The molecule has 0 radical (unpaired) electrons. The average molecular weight is 499 g/mol. The molecule has 0 bridgehead atoms. The Kier molecular flexibility index (Phi) is 7.12. The minimum Gasteiger partial charge on any atom is -0.508 e. The summed E-state index contributed by atoms with van der Waals surface area (Å²) in [5.74, 6) is -0.278. The second-order valence-electron chi connectivity index (χ2n) is 11.3. The minimum atomic E-state index is -0.345. The number of para-hydroxylation sites is 1. The highest BCUT2D eigenvalue weighted by Crippen LogP contribution is 2.48. The van der Waals surface area contributed by atoms with E-state index in [2.05, 4.69) is 39.9 Å². The highest BCUT2D eigenvalue weighted by atomic mass is 16.6. The number of hydrogen-bond donors (Lipinski definition) is 4. The van der Waals surface area contributed by atoms with E-state index in [1.165, 1.54) is 23.1 Å². The van der Waals surface area contributed by atoms with Crippen molar-refractivity contribution in [3.8, 4) is 17.2 Å². The Morgan fingerprint density at radius 3 is 2.61 bits per heavy atom. The summed E-state index contributed by atoms with van der Waals surface area (Å²) < 4.78 is 11.9. The number of carbonyl (C=O) groups is 1. The van der Waals surface area contributed by atoms with Crippen molar-refractivity contribution in [3.63, 3.8) is 0 Å². The SMILES string of the molecule is CC(CCCC1(C)OC1CN1C(=O)c2cccc(O)c2Nc2c(O)cc(O)cc21)CCOC(C)(C)C. The van der Waals surface area contributed by atoms with Crippen molar-refractivity contribution < 1.29 is 29.6 Å². The highest BCUT2D eigenvalue weighted by molar-refractivity contribution is 6.15. The van der Waals surface area contributed by atoms with Gasteiger partial charge in [0.1, 0.15) is 29.0 Å². The lowest BCUT2D eigenvalue weighted by Gasteiger charge is -2.23. The number of nitrogens with one attached hydrogen (secondary N) is 1. The number of fused-ring (bicyclic) bond motifs is 2. The second kappa shape index (κ2) is 9.82. The van der Waals surface area contributed by atoms with E-state index in [1.807, 2.05) is 0 Å². The lowest BCUT2D eigenvalue weighted by molar-refractivity contribution is -0.00892. The number of carbonyl (C=O) groups excluding carboxylic acids is 1. The van der Waals surface area contributed by atoms with Gasteiger partial charge in [0.15, 0.2) is 0 Å². The van der Waals surface area contributed by atoms with Gasteiger partial charge in [0.2, 0.25) is 0 Å². The molecule has 2 aliphatic rings. The molecular formula is C28H38N2O6. The molecule has 196 valence electrons. The number of aromatic hydroxyl groups is 3. The maximum Gasteiger partial charge on any atom is 0.260 e. The van der Waals surface area contributed by atoms with Crippen molar-refractivity contribution in [1.29, 1.82) is 0 Å². The first kappa shape index (κ1) is 26.1. The van der Waals surface area contributed by atoms with E-state index >= 15 is 0 Å². The Balaban J connectivity index is 1.43. The van der Waals surface area contributed by atoms with E-state index < -0.39 is 0 Å². The monoisotopic (exact) mass is 498 g/mol. The molecule has 1 fully saturated rings. The second-order valence-corrected chi connectivity index (χ2v) is 11.3. The summed E-state index contributed by atoms with van der Waals surface area (Å²) in [4.78, 5) is 15.1. The molecule has 0 aromatic heterocycles. The third-order valence-electron chi connectivity index (χ3n) is 7.04. The number of amides is 1. The van der Waals surface area contributed by atoms with Crippen LogP contribution in [0.5, 0.6) is 17.2 Å². The summed E-state index contributed by atoms with van der Waals surface area (Å²) in [6.45, 7) is 11.5. The lowest BCUT2D eigenvalue weighted by Crippen LogP contribution is -2.35. The molecule has 4 rings (SSSR count). The largest absolute Gasteiger partial charge is 0.508 e. The summed E-state index contributed by atoms with van der Waals surface area (Å²) in [7, 11) is 0. The van der Waals surface area contributed by atoms with Gasteiger partial charge < -0.3 is 35.0 Å². The number of phenols is 3.